The van der Waals surface area contributed by atoms with E-state index in [1.54, 1.807) is 38.2 Å². The number of ether oxygens (including phenoxy) is 2. The average Bonchev–Trinajstić information content (AvgIpc) is 2.88. The minimum absolute atomic E-state index is 0.142. The summed E-state index contributed by atoms with van der Waals surface area (Å²) >= 11 is 5.93. The van der Waals surface area contributed by atoms with E-state index in [1.165, 1.54) is 36.3 Å². The Hall–Kier alpha value is -3.37. The highest BCUT2D eigenvalue weighted by Gasteiger charge is 2.34. The number of hydrogen-bond acceptors (Lipinski definition) is 5. The summed E-state index contributed by atoms with van der Waals surface area (Å²) in [5, 5.41) is 0.326. The highest BCUT2D eigenvalue weighted by molar-refractivity contribution is 7.92. The second-order valence-electron chi connectivity index (χ2n) is 8.16. The van der Waals surface area contributed by atoms with Gasteiger partial charge in [-0.05, 0) is 55.8 Å². The quantitative estimate of drug-likeness (QED) is 0.287. The maximum absolute atomic E-state index is 15.0. The Bertz CT molecular complexity index is 1340. The molecule has 0 aliphatic heterocycles. The van der Waals surface area contributed by atoms with Crippen LogP contribution in [0.1, 0.15) is 24.9 Å². The molecule has 0 bridgehead atoms. The number of sulfonamides is 1. The van der Waals surface area contributed by atoms with Crippen LogP contribution in [-0.4, -0.2) is 46.7 Å². The molecule has 0 aromatic heterocycles. The lowest BCUT2D eigenvalue weighted by molar-refractivity contribution is 0.131. The van der Waals surface area contributed by atoms with E-state index in [2.05, 4.69) is 4.74 Å². The Morgan fingerprint density at radius 1 is 1.05 bits per heavy atom. The first kappa shape index (κ1) is 28.2. The maximum atomic E-state index is 15.0. The van der Waals surface area contributed by atoms with Crippen molar-refractivity contribution >= 4 is 33.4 Å². The van der Waals surface area contributed by atoms with Crippen molar-refractivity contribution in [2.24, 2.45) is 0 Å². The van der Waals surface area contributed by atoms with Crippen LogP contribution in [0, 0.1) is 11.6 Å². The summed E-state index contributed by atoms with van der Waals surface area (Å²) in [5.41, 5.74) is -0.0121. The number of methoxy groups -OCH3 is 1. The third-order valence-electron chi connectivity index (χ3n) is 5.62. The molecule has 7 nitrogen and oxygen atoms in total. The predicted octanol–water partition coefficient (Wildman–Crippen LogP) is 6.04. The molecule has 1 amide bonds. The standard InChI is InChI=1S/C26H27ClF2N2O5S/c1-18(22-7-4-5-8-25(22)36-16-6-15-30(2)26(32)35-3)31(24-17-20(28)11-14-23(24)29)37(33,34)21-12-9-19(27)10-13-21/h4-5,7-14,17-18H,6,15-16H2,1-3H3. The van der Waals surface area contributed by atoms with Crippen LogP contribution in [0.4, 0.5) is 19.3 Å². The van der Waals surface area contributed by atoms with Crippen LogP contribution in [-0.2, 0) is 14.8 Å². The van der Waals surface area contributed by atoms with E-state index in [1.807, 2.05) is 0 Å². The molecule has 0 heterocycles. The van der Waals surface area contributed by atoms with E-state index >= 15 is 0 Å². The lowest BCUT2D eigenvalue weighted by Gasteiger charge is -2.32. The number of carbonyl (C=O) groups is 1. The summed E-state index contributed by atoms with van der Waals surface area (Å²) in [6.45, 7) is 2.14. The van der Waals surface area contributed by atoms with Crippen LogP contribution < -0.4 is 9.04 Å². The first-order valence-electron chi connectivity index (χ1n) is 11.3. The molecule has 1 unspecified atom stereocenters. The molecular weight excluding hydrogens is 526 g/mol. The maximum Gasteiger partial charge on any atom is 0.409 e. The predicted molar refractivity (Wildman–Crippen MR) is 137 cm³/mol. The number of nitrogens with zero attached hydrogens (tertiary/aromatic N) is 2. The first-order chi connectivity index (χ1) is 17.6. The molecule has 0 fully saturated rings. The smallest absolute Gasteiger partial charge is 0.409 e. The summed E-state index contributed by atoms with van der Waals surface area (Å²) in [4.78, 5) is 12.8. The number of hydrogen-bond donors (Lipinski definition) is 0. The number of rotatable bonds is 10. The van der Waals surface area contributed by atoms with Gasteiger partial charge in [0.1, 0.15) is 17.4 Å². The summed E-state index contributed by atoms with van der Waals surface area (Å²) in [6.07, 6.45) is -0.00575. The zero-order valence-corrected chi connectivity index (χ0v) is 22.1. The van der Waals surface area contributed by atoms with Gasteiger partial charge in [0, 0.05) is 30.2 Å². The largest absolute Gasteiger partial charge is 0.493 e. The van der Waals surface area contributed by atoms with E-state index in [4.69, 9.17) is 16.3 Å². The van der Waals surface area contributed by atoms with Gasteiger partial charge in [-0.2, -0.15) is 0 Å². The molecule has 1 atom stereocenters. The van der Waals surface area contributed by atoms with Crippen LogP contribution in [0.5, 0.6) is 5.75 Å². The Labute approximate surface area is 220 Å². The zero-order valence-electron chi connectivity index (χ0n) is 20.5. The van der Waals surface area contributed by atoms with Crippen molar-refractivity contribution in [1.82, 2.24) is 4.90 Å². The summed E-state index contributed by atoms with van der Waals surface area (Å²) in [5.74, 6) is -1.34. The number of benzene rings is 3. The first-order valence-corrected chi connectivity index (χ1v) is 13.1. The highest BCUT2D eigenvalue weighted by Crippen LogP contribution is 2.38. The molecule has 3 aromatic rings. The van der Waals surface area contributed by atoms with Gasteiger partial charge >= 0.3 is 6.09 Å². The van der Waals surface area contributed by atoms with E-state index in [0.29, 0.717) is 29.3 Å². The van der Waals surface area contributed by atoms with Crippen molar-refractivity contribution in [2.75, 3.05) is 31.6 Å². The zero-order chi connectivity index (χ0) is 27.2. The van der Waals surface area contributed by atoms with Crippen molar-refractivity contribution in [3.8, 4) is 5.75 Å². The van der Waals surface area contributed by atoms with Gasteiger partial charge < -0.3 is 14.4 Å². The van der Waals surface area contributed by atoms with E-state index in [-0.39, 0.29) is 11.5 Å². The Morgan fingerprint density at radius 3 is 2.41 bits per heavy atom. The van der Waals surface area contributed by atoms with Crippen molar-refractivity contribution < 1.29 is 31.5 Å². The molecule has 11 heteroatoms. The lowest BCUT2D eigenvalue weighted by Crippen LogP contribution is -2.34. The van der Waals surface area contributed by atoms with E-state index in [0.717, 1.165) is 22.5 Å². The van der Waals surface area contributed by atoms with Crippen LogP contribution >= 0.6 is 11.6 Å². The van der Waals surface area contributed by atoms with Crippen LogP contribution in [0.3, 0.4) is 0 Å². The molecule has 3 rings (SSSR count). The molecule has 0 saturated heterocycles. The summed E-state index contributed by atoms with van der Waals surface area (Å²) < 4.78 is 68.1. The Morgan fingerprint density at radius 2 is 1.73 bits per heavy atom. The number of carbonyl (C=O) groups excluding carboxylic acids is 1. The van der Waals surface area contributed by atoms with Gasteiger partial charge in [0.15, 0.2) is 0 Å². The third-order valence-corrected chi connectivity index (χ3v) is 7.77. The van der Waals surface area contributed by atoms with Crippen molar-refractivity contribution in [1.29, 1.82) is 0 Å². The molecule has 3 aromatic carbocycles. The molecule has 0 aliphatic rings. The van der Waals surface area contributed by atoms with Crippen molar-refractivity contribution in [3.63, 3.8) is 0 Å². The van der Waals surface area contributed by atoms with E-state index < -0.39 is 39.5 Å². The average molecular weight is 553 g/mol. The fourth-order valence-electron chi connectivity index (χ4n) is 3.74. The van der Waals surface area contributed by atoms with Gasteiger partial charge in [0.25, 0.3) is 10.0 Å². The molecular formula is C26H27ClF2N2O5S. The molecule has 0 spiro atoms. The number of anilines is 1. The van der Waals surface area contributed by atoms with Crippen LogP contribution in [0.2, 0.25) is 5.02 Å². The number of amides is 1. The van der Waals surface area contributed by atoms with Crippen LogP contribution in [0.15, 0.2) is 71.6 Å². The molecule has 0 saturated carbocycles. The SMILES string of the molecule is COC(=O)N(C)CCCOc1ccccc1C(C)N(c1cc(F)ccc1F)S(=O)(=O)c1ccc(Cl)cc1. The van der Waals surface area contributed by atoms with Gasteiger partial charge in [-0.25, -0.2) is 22.0 Å². The minimum atomic E-state index is -4.37. The molecule has 0 aliphatic carbocycles. The number of para-hydroxylation sites is 1. The van der Waals surface area contributed by atoms with E-state index in [9.17, 15) is 22.0 Å². The normalized spacial score (nSPS) is 12.1. The summed E-state index contributed by atoms with van der Waals surface area (Å²) in [6, 6.07) is 13.8. The topological polar surface area (TPSA) is 76.2 Å². The molecule has 198 valence electrons. The highest BCUT2D eigenvalue weighted by atomic mass is 35.5. The second-order valence-corrected chi connectivity index (χ2v) is 10.4. The van der Waals surface area contributed by atoms with Gasteiger partial charge in [0.2, 0.25) is 0 Å². The van der Waals surface area contributed by atoms with Crippen LogP contribution in [0.25, 0.3) is 0 Å². The Balaban J connectivity index is 1.98. The van der Waals surface area contributed by atoms with Crippen molar-refractivity contribution in [2.45, 2.75) is 24.3 Å². The lowest BCUT2D eigenvalue weighted by atomic mass is 10.1. The Kier molecular flexibility index (Phi) is 9.34. The molecule has 0 radical (unpaired) electrons. The number of halogens is 3. The third kappa shape index (κ3) is 6.69. The fourth-order valence-corrected chi connectivity index (χ4v) is 5.50. The molecule has 37 heavy (non-hydrogen) atoms. The monoisotopic (exact) mass is 552 g/mol. The van der Waals surface area contributed by atoms with Gasteiger partial charge in [-0.15, -0.1) is 0 Å². The molecule has 0 N–H and O–H groups in total. The van der Waals surface area contributed by atoms with Crippen molar-refractivity contribution in [3.05, 3.63) is 89.0 Å². The summed E-state index contributed by atoms with van der Waals surface area (Å²) in [7, 11) is -1.49. The minimum Gasteiger partial charge on any atom is -0.493 e. The fraction of sp³-hybridized carbons (Fsp3) is 0.269. The van der Waals surface area contributed by atoms with Gasteiger partial charge in [0.05, 0.1) is 30.3 Å². The van der Waals surface area contributed by atoms with Gasteiger partial charge in [-0.1, -0.05) is 29.8 Å². The second kappa shape index (κ2) is 12.2. The van der Waals surface area contributed by atoms with Gasteiger partial charge in [-0.3, -0.25) is 4.31 Å².